The molecule has 0 saturated heterocycles. The second kappa shape index (κ2) is 14.5. The predicted molar refractivity (Wildman–Crippen MR) is 113 cm³/mol. The molecule has 32 heavy (non-hydrogen) atoms. The van der Waals surface area contributed by atoms with Crippen molar-refractivity contribution in [2.45, 2.75) is 56.8 Å². The highest BCUT2D eigenvalue weighted by Gasteiger charge is 2.29. The van der Waals surface area contributed by atoms with Crippen molar-refractivity contribution >= 4 is 35.6 Å². The molecule has 0 aromatic heterocycles. The molecule has 4 amide bonds. The molecular weight excluding hydrogens is 428 g/mol. The van der Waals surface area contributed by atoms with Crippen LogP contribution in [0.1, 0.15) is 32.6 Å². The van der Waals surface area contributed by atoms with E-state index < -0.39 is 60.4 Å². The number of aliphatic imine (C=N–C) groups is 1. The summed E-state index contributed by atoms with van der Waals surface area (Å²) in [4.78, 5) is 62.7. The predicted octanol–water partition coefficient (Wildman–Crippen LogP) is -4.82. The molecule has 4 unspecified atom stereocenters. The van der Waals surface area contributed by atoms with Crippen molar-refractivity contribution in [1.29, 1.82) is 0 Å². The fourth-order valence-electron chi connectivity index (χ4n) is 2.33. The van der Waals surface area contributed by atoms with Crippen LogP contribution in [-0.4, -0.2) is 83.1 Å². The number of aliphatic carboxylic acids is 1. The van der Waals surface area contributed by atoms with Crippen molar-refractivity contribution in [2.24, 2.45) is 27.9 Å². The Balaban J connectivity index is 5.02. The molecule has 0 aliphatic heterocycles. The lowest BCUT2D eigenvalue weighted by Gasteiger charge is -2.23. The summed E-state index contributed by atoms with van der Waals surface area (Å²) in [5.41, 5.74) is 21.2. The molecule has 0 fully saturated rings. The number of carboxylic acid groups (broad SMARTS) is 1. The lowest BCUT2D eigenvalue weighted by Crippen LogP contribution is -2.58. The van der Waals surface area contributed by atoms with Gasteiger partial charge in [-0.05, 0) is 26.2 Å². The van der Waals surface area contributed by atoms with Crippen LogP contribution in [0.3, 0.4) is 0 Å². The van der Waals surface area contributed by atoms with Crippen LogP contribution in [0.15, 0.2) is 4.99 Å². The molecule has 0 rings (SSSR count). The number of primary amides is 1. The first kappa shape index (κ1) is 28.5. The molecule has 0 heterocycles. The van der Waals surface area contributed by atoms with Crippen LogP contribution in [0.25, 0.3) is 0 Å². The van der Waals surface area contributed by atoms with Gasteiger partial charge >= 0.3 is 5.97 Å². The zero-order valence-electron chi connectivity index (χ0n) is 17.7. The molecule has 0 radical (unpaired) electrons. The first-order valence-electron chi connectivity index (χ1n) is 9.73. The zero-order chi connectivity index (χ0) is 24.8. The van der Waals surface area contributed by atoms with Gasteiger partial charge < -0.3 is 49.1 Å². The summed E-state index contributed by atoms with van der Waals surface area (Å²) in [6, 6.07) is -5.07. The highest BCUT2D eigenvalue weighted by molar-refractivity contribution is 5.94. The normalized spacial score (nSPS) is 14.2. The maximum absolute atomic E-state index is 12.5. The van der Waals surface area contributed by atoms with E-state index in [0.29, 0.717) is 6.42 Å². The lowest BCUT2D eigenvalue weighted by molar-refractivity contribution is -0.142. The minimum absolute atomic E-state index is 0.104. The molecule has 15 heteroatoms. The maximum atomic E-state index is 12.5. The Kier molecular flexibility index (Phi) is 13.0. The average Bonchev–Trinajstić information content (AvgIpc) is 2.71. The van der Waals surface area contributed by atoms with Gasteiger partial charge in [0.1, 0.15) is 18.1 Å². The average molecular weight is 460 g/mol. The molecule has 0 bridgehead atoms. The van der Waals surface area contributed by atoms with Crippen LogP contribution in [0.4, 0.5) is 0 Å². The fraction of sp³-hybridized carbons (Fsp3) is 0.647. The molecular formula is C17H32N8O7. The molecule has 0 aromatic rings. The number of guanidine groups is 1. The van der Waals surface area contributed by atoms with Gasteiger partial charge in [-0.25, -0.2) is 0 Å². The number of rotatable bonds is 15. The number of nitrogens with one attached hydrogen (secondary N) is 3. The third-order valence-electron chi connectivity index (χ3n) is 4.16. The number of carboxylic acids is 1. The van der Waals surface area contributed by atoms with E-state index >= 15 is 0 Å². The van der Waals surface area contributed by atoms with E-state index in [1.54, 1.807) is 0 Å². The standard InChI is InChI=1S/C17H32N8O7/c1-8(16(31)32)23-14(29)10(4-5-12(19)27)24-15(30)11(7-26)25-13(28)9(18)3-2-6-22-17(20)21/h8-11,26H,2-7,18H2,1H3,(H2,19,27)(H,23,29)(H,24,30)(H,25,28)(H,31,32)(H4,20,21,22). The third kappa shape index (κ3) is 11.7. The van der Waals surface area contributed by atoms with E-state index in [-0.39, 0.29) is 31.8 Å². The SMILES string of the molecule is CC(NC(=O)C(CCC(N)=O)NC(=O)C(CO)NC(=O)C(N)CCCN=C(N)N)C(=O)O. The van der Waals surface area contributed by atoms with Crippen molar-refractivity contribution in [2.75, 3.05) is 13.2 Å². The van der Waals surface area contributed by atoms with E-state index in [0.717, 1.165) is 0 Å². The summed E-state index contributed by atoms with van der Waals surface area (Å²) in [5.74, 6) is -4.72. The van der Waals surface area contributed by atoms with E-state index in [1.165, 1.54) is 6.92 Å². The Hall–Kier alpha value is -3.46. The Morgan fingerprint density at radius 1 is 0.906 bits per heavy atom. The van der Waals surface area contributed by atoms with Gasteiger partial charge in [0.05, 0.1) is 12.6 Å². The number of nitrogens with zero attached hydrogens (tertiary/aromatic N) is 1. The highest BCUT2D eigenvalue weighted by atomic mass is 16.4. The van der Waals surface area contributed by atoms with Crippen LogP contribution < -0.4 is 38.9 Å². The fourth-order valence-corrected chi connectivity index (χ4v) is 2.33. The van der Waals surface area contributed by atoms with Gasteiger partial charge in [-0.15, -0.1) is 0 Å². The number of hydrogen-bond donors (Lipinski definition) is 9. The molecule has 182 valence electrons. The van der Waals surface area contributed by atoms with Crippen LogP contribution in [0, 0.1) is 0 Å². The van der Waals surface area contributed by atoms with Crippen LogP contribution in [0.5, 0.6) is 0 Å². The summed E-state index contributed by atoms with van der Waals surface area (Å²) in [7, 11) is 0. The molecule has 0 aromatic carbocycles. The van der Waals surface area contributed by atoms with Gasteiger partial charge in [-0.1, -0.05) is 0 Å². The van der Waals surface area contributed by atoms with E-state index in [4.69, 9.17) is 28.0 Å². The van der Waals surface area contributed by atoms with Gasteiger partial charge in [0, 0.05) is 13.0 Å². The second-order valence-corrected chi connectivity index (χ2v) is 6.93. The maximum Gasteiger partial charge on any atom is 0.325 e. The minimum atomic E-state index is -1.45. The number of aliphatic hydroxyl groups excluding tert-OH is 1. The van der Waals surface area contributed by atoms with Gasteiger partial charge in [0.25, 0.3) is 0 Å². The highest BCUT2D eigenvalue weighted by Crippen LogP contribution is 2.01. The quantitative estimate of drug-likeness (QED) is 0.0638. The van der Waals surface area contributed by atoms with Crippen molar-refractivity contribution in [3.63, 3.8) is 0 Å². The molecule has 13 N–H and O–H groups in total. The summed E-state index contributed by atoms with van der Waals surface area (Å²) in [6.45, 7) is 0.644. The first-order chi connectivity index (χ1) is 14.9. The zero-order valence-corrected chi connectivity index (χ0v) is 17.7. The first-order valence-corrected chi connectivity index (χ1v) is 9.73. The summed E-state index contributed by atoms with van der Waals surface area (Å²) < 4.78 is 0. The number of carbonyl (C=O) groups is 5. The molecule has 0 aliphatic rings. The van der Waals surface area contributed by atoms with E-state index in [9.17, 15) is 29.1 Å². The second-order valence-electron chi connectivity index (χ2n) is 6.93. The lowest BCUT2D eigenvalue weighted by atomic mass is 10.1. The van der Waals surface area contributed by atoms with Crippen LogP contribution in [0.2, 0.25) is 0 Å². The number of amides is 4. The Bertz CT molecular complexity index is 711. The largest absolute Gasteiger partial charge is 0.480 e. The number of nitrogens with two attached hydrogens (primary N) is 4. The Labute approximate surface area is 184 Å². The van der Waals surface area contributed by atoms with Crippen molar-refractivity contribution in [3.05, 3.63) is 0 Å². The number of aliphatic hydroxyl groups is 1. The van der Waals surface area contributed by atoms with Crippen molar-refractivity contribution in [1.82, 2.24) is 16.0 Å². The van der Waals surface area contributed by atoms with Gasteiger partial charge in [0.15, 0.2) is 5.96 Å². The summed E-state index contributed by atoms with van der Waals surface area (Å²) in [5, 5.41) is 25.1. The molecule has 4 atom stereocenters. The molecule has 0 aliphatic carbocycles. The minimum Gasteiger partial charge on any atom is -0.480 e. The molecule has 0 spiro atoms. The molecule has 15 nitrogen and oxygen atoms in total. The summed E-state index contributed by atoms with van der Waals surface area (Å²) >= 11 is 0. The smallest absolute Gasteiger partial charge is 0.325 e. The van der Waals surface area contributed by atoms with Gasteiger partial charge in [-0.2, -0.15) is 0 Å². The van der Waals surface area contributed by atoms with Crippen molar-refractivity contribution < 1.29 is 34.2 Å². The topological polar surface area (TPSA) is 278 Å². The van der Waals surface area contributed by atoms with Gasteiger partial charge in [0.2, 0.25) is 23.6 Å². The Morgan fingerprint density at radius 2 is 1.47 bits per heavy atom. The van der Waals surface area contributed by atoms with E-state index in [1.807, 2.05) is 0 Å². The number of carbonyl (C=O) groups excluding carboxylic acids is 4. The van der Waals surface area contributed by atoms with Crippen LogP contribution >= 0.6 is 0 Å². The van der Waals surface area contributed by atoms with Gasteiger partial charge in [-0.3, -0.25) is 29.0 Å². The summed E-state index contributed by atoms with van der Waals surface area (Å²) in [6.07, 6.45) is 0.0744. The monoisotopic (exact) mass is 460 g/mol. The van der Waals surface area contributed by atoms with Crippen LogP contribution in [-0.2, 0) is 24.0 Å². The molecule has 0 saturated carbocycles. The van der Waals surface area contributed by atoms with E-state index in [2.05, 4.69) is 20.9 Å². The Morgan fingerprint density at radius 3 is 1.97 bits per heavy atom. The third-order valence-corrected chi connectivity index (χ3v) is 4.16. The number of hydrogen-bond acceptors (Lipinski definition) is 8. The van der Waals surface area contributed by atoms with Crippen molar-refractivity contribution in [3.8, 4) is 0 Å².